The highest BCUT2D eigenvalue weighted by atomic mass is 16.4. The maximum Gasteiger partial charge on any atom is 0.404 e. The van der Waals surface area contributed by atoms with Crippen LogP contribution in [-0.4, -0.2) is 47.9 Å². The highest BCUT2D eigenvalue weighted by molar-refractivity contribution is 6.02. The number of nitrogens with one attached hydrogen (secondary N) is 2. The summed E-state index contributed by atoms with van der Waals surface area (Å²) < 4.78 is 1.90. The fourth-order valence-corrected chi connectivity index (χ4v) is 3.53. The van der Waals surface area contributed by atoms with E-state index in [1.807, 2.05) is 31.4 Å². The standard InChI is InChI=1S/C21H23N7O3/c1-11(2)28-10-23-27-19(28)15-5-4-6-18(24-15)26-20(29)17-7-13(12(3)9-22-17)14-8-16(14)25-21(30)31/h4-7,9-11,14,16,25H,8H2,1-3H3,(H,30,31)(H,24,26,29). The van der Waals surface area contributed by atoms with Crippen LogP contribution in [0.3, 0.4) is 0 Å². The molecule has 3 aromatic heterocycles. The second-order valence-electron chi connectivity index (χ2n) is 7.84. The lowest BCUT2D eigenvalue weighted by atomic mass is 10.1. The summed E-state index contributed by atoms with van der Waals surface area (Å²) in [6.45, 7) is 5.95. The molecule has 4 rings (SSSR count). The Bertz CT molecular complexity index is 1140. The van der Waals surface area contributed by atoms with Gasteiger partial charge in [-0.05, 0) is 56.5 Å². The van der Waals surface area contributed by atoms with Gasteiger partial charge in [-0.15, -0.1) is 10.2 Å². The van der Waals surface area contributed by atoms with E-state index in [1.54, 1.807) is 30.7 Å². The van der Waals surface area contributed by atoms with E-state index in [-0.39, 0.29) is 29.6 Å². The molecule has 0 aromatic carbocycles. The van der Waals surface area contributed by atoms with E-state index in [0.717, 1.165) is 11.1 Å². The van der Waals surface area contributed by atoms with Crippen LogP contribution in [0.4, 0.5) is 10.6 Å². The summed E-state index contributed by atoms with van der Waals surface area (Å²) in [6.07, 6.45) is 2.94. The van der Waals surface area contributed by atoms with Crippen LogP contribution in [0.2, 0.25) is 0 Å². The van der Waals surface area contributed by atoms with Crippen LogP contribution in [0.25, 0.3) is 11.5 Å². The first kappa shape index (κ1) is 20.5. The highest BCUT2D eigenvalue weighted by Gasteiger charge is 2.40. The molecule has 10 nitrogen and oxygen atoms in total. The molecule has 0 aliphatic heterocycles. The number of nitrogens with zero attached hydrogens (tertiary/aromatic N) is 5. The summed E-state index contributed by atoms with van der Waals surface area (Å²) in [5.41, 5.74) is 2.69. The fraction of sp³-hybridized carbons (Fsp3) is 0.333. The number of anilines is 1. The topological polar surface area (TPSA) is 135 Å². The van der Waals surface area contributed by atoms with Crippen molar-refractivity contribution in [3.8, 4) is 11.5 Å². The van der Waals surface area contributed by atoms with Crippen LogP contribution in [0.15, 0.2) is 36.8 Å². The second-order valence-corrected chi connectivity index (χ2v) is 7.84. The van der Waals surface area contributed by atoms with Gasteiger partial charge in [-0.25, -0.2) is 9.78 Å². The zero-order valence-electron chi connectivity index (χ0n) is 17.4. The molecule has 2 amide bonds. The Morgan fingerprint density at radius 3 is 2.84 bits per heavy atom. The number of hydrogen-bond acceptors (Lipinski definition) is 6. The largest absolute Gasteiger partial charge is 0.465 e. The molecule has 1 aliphatic carbocycles. The van der Waals surface area contributed by atoms with Gasteiger partial charge >= 0.3 is 6.09 Å². The molecule has 0 radical (unpaired) electrons. The van der Waals surface area contributed by atoms with Gasteiger partial charge < -0.3 is 20.3 Å². The molecular formula is C21H23N7O3. The van der Waals surface area contributed by atoms with E-state index in [1.165, 1.54) is 0 Å². The molecule has 10 heteroatoms. The summed E-state index contributed by atoms with van der Waals surface area (Å²) in [5, 5.41) is 22.3. The third kappa shape index (κ3) is 4.37. The van der Waals surface area contributed by atoms with Crippen molar-refractivity contribution in [1.82, 2.24) is 30.0 Å². The van der Waals surface area contributed by atoms with Gasteiger partial charge in [0.05, 0.1) is 0 Å². The predicted octanol–water partition coefficient (Wildman–Crippen LogP) is 3.00. The third-order valence-electron chi connectivity index (χ3n) is 5.23. The lowest BCUT2D eigenvalue weighted by molar-refractivity contribution is 0.102. The second kappa shape index (κ2) is 8.13. The first-order valence-electron chi connectivity index (χ1n) is 9.97. The van der Waals surface area contributed by atoms with Crippen molar-refractivity contribution in [2.45, 2.75) is 45.2 Å². The number of aromatic nitrogens is 5. The first-order valence-corrected chi connectivity index (χ1v) is 9.97. The number of carbonyl (C=O) groups excluding carboxylic acids is 1. The van der Waals surface area contributed by atoms with Gasteiger partial charge in [-0.2, -0.15) is 0 Å². The number of pyridine rings is 2. The van der Waals surface area contributed by atoms with Crippen molar-refractivity contribution in [1.29, 1.82) is 0 Å². The maximum atomic E-state index is 12.8. The first-order chi connectivity index (χ1) is 14.8. The average Bonchev–Trinajstić information content (AvgIpc) is 3.28. The minimum atomic E-state index is -1.04. The Labute approximate surface area is 178 Å². The molecule has 160 valence electrons. The van der Waals surface area contributed by atoms with E-state index < -0.39 is 6.09 Å². The van der Waals surface area contributed by atoms with Gasteiger partial charge in [-0.1, -0.05) is 6.07 Å². The molecule has 0 spiro atoms. The van der Waals surface area contributed by atoms with Crippen LogP contribution in [0.1, 0.15) is 53.8 Å². The van der Waals surface area contributed by atoms with Crippen LogP contribution in [0.5, 0.6) is 0 Å². The zero-order valence-corrected chi connectivity index (χ0v) is 17.4. The Morgan fingerprint density at radius 2 is 2.10 bits per heavy atom. The number of amides is 2. The fourth-order valence-electron chi connectivity index (χ4n) is 3.53. The van der Waals surface area contributed by atoms with Crippen molar-refractivity contribution in [2.75, 3.05) is 5.32 Å². The Balaban J connectivity index is 1.52. The Hall–Kier alpha value is -3.82. The molecule has 1 saturated carbocycles. The molecule has 31 heavy (non-hydrogen) atoms. The van der Waals surface area contributed by atoms with Gasteiger partial charge in [0, 0.05) is 24.2 Å². The monoisotopic (exact) mass is 421 g/mol. The summed E-state index contributed by atoms with van der Waals surface area (Å²) in [4.78, 5) is 32.4. The van der Waals surface area contributed by atoms with Crippen LogP contribution >= 0.6 is 0 Å². The minimum Gasteiger partial charge on any atom is -0.465 e. The number of hydrogen-bond donors (Lipinski definition) is 3. The van der Waals surface area contributed by atoms with Crippen molar-refractivity contribution in [3.63, 3.8) is 0 Å². The lowest BCUT2D eigenvalue weighted by Gasteiger charge is -2.11. The molecule has 1 fully saturated rings. The van der Waals surface area contributed by atoms with Crippen LogP contribution in [-0.2, 0) is 0 Å². The average molecular weight is 421 g/mol. The van der Waals surface area contributed by atoms with Gasteiger partial charge in [0.15, 0.2) is 5.82 Å². The van der Waals surface area contributed by atoms with Gasteiger partial charge in [-0.3, -0.25) is 9.78 Å². The van der Waals surface area contributed by atoms with E-state index in [4.69, 9.17) is 5.11 Å². The lowest BCUT2D eigenvalue weighted by Crippen LogP contribution is -2.24. The van der Waals surface area contributed by atoms with E-state index >= 15 is 0 Å². The molecule has 2 unspecified atom stereocenters. The molecule has 3 N–H and O–H groups in total. The molecule has 3 aromatic rings. The van der Waals surface area contributed by atoms with Crippen molar-refractivity contribution in [3.05, 3.63) is 53.6 Å². The van der Waals surface area contributed by atoms with E-state index in [9.17, 15) is 9.59 Å². The predicted molar refractivity (Wildman–Crippen MR) is 113 cm³/mol. The van der Waals surface area contributed by atoms with Crippen molar-refractivity contribution < 1.29 is 14.7 Å². The molecule has 1 aliphatic rings. The quantitative estimate of drug-likeness (QED) is 0.557. The number of carboxylic acid groups (broad SMARTS) is 1. The zero-order chi connectivity index (χ0) is 22.1. The van der Waals surface area contributed by atoms with Gasteiger partial charge in [0.1, 0.15) is 23.5 Å². The van der Waals surface area contributed by atoms with Gasteiger partial charge in [0.2, 0.25) is 0 Å². The molecule has 2 atom stereocenters. The summed E-state index contributed by atoms with van der Waals surface area (Å²) in [7, 11) is 0. The van der Waals surface area contributed by atoms with E-state index in [0.29, 0.717) is 23.8 Å². The Morgan fingerprint density at radius 1 is 1.29 bits per heavy atom. The Kier molecular flexibility index (Phi) is 5.37. The van der Waals surface area contributed by atoms with Gasteiger partial charge in [0.25, 0.3) is 5.91 Å². The van der Waals surface area contributed by atoms with E-state index in [2.05, 4.69) is 30.8 Å². The highest BCUT2D eigenvalue weighted by Crippen LogP contribution is 2.42. The maximum absolute atomic E-state index is 12.8. The van der Waals surface area contributed by atoms with Crippen LogP contribution < -0.4 is 10.6 Å². The third-order valence-corrected chi connectivity index (χ3v) is 5.23. The number of rotatable bonds is 6. The molecule has 3 heterocycles. The molecule has 0 bridgehead atoms. The van der Waals surface area contributed by atoms with Crippen molar-refractivity contribution in [2.24, 2.45) is 0 Å². The van der Waals surface area contributed by atoms with Crippen molar-refractivity contribution >= 4 is 17.8 Å². The number of aryl methyl sites for hydroxylation is 1. The summed E-state index contributed by atoms with van der Waals surface area (Å²) >= 11 is 0. The summed E-state index contributed by atoms with van der Waals surface area (Å²) in [5.74, 6) is 0.656. The smallest absolute Gasteiger partial charge is 0.404 e. The van der Waals surface area contributed by atoms with Crippen LogP contribution in [0, 0.1) is 6.92 Å². The SMILES string of the molecule is Cc1cnc(C(=O)Nc2cccc(-c3nncn3C(C)C)n2)cc1C1CC1NC(=O)O. The molecule has 0 saturated heterocycles. The number of carbonyl (C=O) groups is 2. The molecular weight excluding hydrogens is 398 g/mol. The minimum absolute atomic E-state index is 0.0505. The summed E-state index contributed by atoms with van der Waals surface area (Å²) in [6, 6.07) is 7.05. The normalized spacial score (nSPS) is 17.4.